The number of para-hydroxylation sites is 2. The van der Waals surface area contributed by atoms with Crippen molar-refractivity contribution in [2.75, 3.05) is 4.90 Å². The molecule has 4 heteroatoms. The largest absolute Gasteiger partial charge is 0.457 e. The summed E-state index contributed by atoms with van der Waals surface area (Å²) in [5, 5.41) is 0. The van der Waals surface area contributed by atoms with Crippen molar-refractivity contribution < 1.29 is 4.74 Å². The Labute approximate surface area is 339 Å². The fourth-order valence-corrected chi connectivity index (χ4v) is 10.3. The van der Waals surface area contributed by atoms with Crippen molar-refractivity contribution in [2.45, 2.75) is 45.2 Å². The van der Waals surface area contributed by atoms with E-state index in [4.69, 9.17) is 9.72 Å². The average molecular weight is 748 g/mol. The zero-order chi connectivity index (χ0) is 38.9. The van der Waals surface area contributed by atoms with E-state index in [0.717, 1.165) is 34.2 Å². The molecule has 8 aromatic rings. The molecule has 0 fully saturated rings. The summed E-state index contributed by atoms with van der Waals surface area (Å²) >= 11 is 0. The molecule has 2 aliphatic heterocycles. The van der Waals surface area contributed by atoms with Gasteiger partial charge in [0.05, 0.1) is 23.1 Å². The maximum absolute atomic E-state index is 6.61. The molecule has 2 unspecified atom stereocenters. The number of allylic oxidation sites excluding steroid dienone is 2. The first-order valence-electron chi connectivity index (χ1n) is 20.4. The molecule has 0 saturated heterocycles. The second-order valence-electron chi connectivity index (χ2n) is 16.9. The first kappa shape index (κ1) is 33.3. The van der Waals surface area contributed by atoms with Crippen molar-refractivity contribution in [3.63, 3.8) is 0 Å². The molecule has 12 rings (SSSR count). The number of ether oxygens (including phenoxy) is 1. The highest BCUT2D eigenvalue weighted by Gasteiger charge is 2.40. The molecule has 2 aliphatic carbocycles. The molecule has 0 bridgehead atoms. The van der Waals surface area contributed by atoms with E-state index >= 15 is 0 Å². The minimum Gasteiger partial charge on any atom is -0.457 e. The van der Waals surface area contributed by atoms with E-state index in [-0.39, 0.29) is 17.5 Å². The minimum absolute atomic E-state index is 0.120. The molecule has 3 heterocycles. The zero-order valence-corrected chi connectivity index (χ0v) is 33.0. The highest BCUT2D eigenvalue weighted by molar-refractivity contribution is 6.05. The molecule has 4 aliphatic rings. The van der Waals surface area contributed by atoms with Gasteiger partial charge in [0, 0.05) is 22.2 Å². The summed E-state index contributed by atoms with van der Waals surface area (Å²) in [4.78, 5) is 7.70. The van der Waals surface area contributed by atoms with Crippen LogP contribution < -0.4 is 9.64 Å². The Bertz CT molecular complexity index is 3120. The lowest BCUT2D eigenvalue weighted by Gasteiger charge is -2.35. The normalized spacial score (nSPS) is 17.4. The summed E-state index contributed by atoms with van der Waals surface area (Å²) in [5.41, 5.74) is 20.2. The number of hydrogen-bond acceptors (Lipinski definition) is 3. The third kappa shape index (κ3) is 4.66. The van der Waals surface area contributed by atoms with Crippen LogP contribution >= 0.6 is 0 Å². The second-order valence-corrected chi connectivity index (χ2v) is 16.9. The molecule has 58 heavy (non-hydrogen) atoms. The molecule has 0 amide bonds. The van der Waals surface area contributed by atoms with Gasteiger partial charge >= 0.3 is 0 Å². The van der Waals surface area contributed by atoms with Crippen LogP contribution in [0.4, 0.5) is 11.6 Å². The smallest absolute Gasteiger partial charge is 0.212 e. The van der Waals surface area contributed by atoms with Crippen molar-refractivity contribution in [3.05, 3.63) is 186 Å². The van der Waals surface area contributed by atoms with Gasteiger partial charge in [0.1, 0.15) is 11.5 Å². The number of aromatic nitrogens is 2. The Kier molecular flexibility index (Phi) is 6.91. The maximum Gasteiger partial charge on any atom is 0.212 e. The molecule has 7 aromatic carbocycles. The molecule has 0 spiro atoms. The van der Waals surface area contributed by atoms with Crippen LogP contribution in [0.2, 0.25) is 0 Å². The SMILES string of the molecule is Cc1ccc2c(c1)Oc1cc(C)c(-c3ccc4c(c3)-c3ccccc3-c3ccccc3-c3ccc(N5c6nc7ccccc7n6C6C=CC=CC65)cc3-4)cc1C2(C)C. The summed E-state index contributed by atoms with van der Waals surface area (Å²) < 4.78 is 9.03. The third-order valence-corrected chi connectivity index (χ3v) is 13.1. The molecular weight excluding hydrogens is 707 g/mol. The molecule has 0 saturated carbocycles. The molecule has 278 valence electrons. The average Bonchev–Trinajstić information content (AvgIpc) is 3.77. The summed E-state index contributed by atoms with van der Waals surface area (Å²) in [5.74, 6) is 2.88. The lowest BCUT2D eigenvalue weighted by atomic mass is 9.74. The van der Waals surface area contributed by atoms with Gasteiger partial charge in [0.15, 0.2) is 0 Å². The molecular formula is C54H41N3O. The van der Waals surface area contributed by atoms with Gasteiger partial charge in [-0.3, -0.25) is 0 Å². The number of nitrogens with zero attached hydrogens (tertiary/aromatic N) is 3. The summed E-state index contributed by atoms with van der Waals surface area (Å²) in [6, 6.07) is 52.0. The minimum atomic E-state index is -0.215. The zero-order valence-electron chi connectivity index (χ0n) is 33.0. The van der Waals surface area contributed by atoms with Gasteiger partial charge in [-0.2, -0.15) is 0 Å². The molecule has 0 radical (unpaired) electrons. The van der Waals surface area contributed by atoms with Crippen LogP contribution in [-0.4, -0.2) is 15.6 Å². The van der Waals surface area contributed by atoms with Crippen LogP contribution in [0, 0.1) is 13.8 Å². The summed E-state index contributed by atoms with van der Waals surface area (Å²) in [6.07, 6.45) is 8.99. The van der Waals surface area contributed by atoms with Crippen LogP contribution in [0.1, 0.15) is 42.1 Å². The summed E-state index contributed by atoms with van der Waals surface area (Å²) in [7, 11) is 0. The third-order valence-electron chi connectivity index (χ3n) is 13.1. The van der Waals surface area contributed by atoms with E-state index in [1.54, 1.807) is 0 Å². The summed E-state index contributed by atoms with van der Waals surface area (Å²) in [6.45, 7) is 8.98. The Hall–Kier alpha value is -6.91. The van der Waals surface area contributed by atoms with Gasteiger partial charge in [-0.05, 0) is 129 Å². The number of fused-ring (bicyclic) bond motifs is 15. The Morgan fingerprint density at radius 3 is 1.93 bits per heavy atom. The fourth-order valence-electron chi connectivity index (χ4n) is 10.3. The van der Waals surface area contributed by atoms with Gasteiger partial charge in [-0.1, -0.05) is 129 Å². The molecule has 4 nitrogen and oxygen atoms in total. The number of imidazole rings is 1. The highest BCUT2D eigenvalue weighted by atomic mass is 16.5. The van der Waals surface area contributed by atoms with Crippen LogP contribution in [0.3, 0.4) is 0 Å². The first-order valence-corrected chi connectivity index (χ1v) is 20.4. The van der Waals surface area contributed by atoms with Crippen molar-refractivity contribution in [1.82, 2.24) is 9.55 Å². The number of benzene rings is 7. The molecule has 1 aromatic heterocycles. The number of hydrogen-bond donors (Lipinski definition) is 0. The lowest BCUT2D eigenvalue weighted by Crippen LogP contribution is -2.29. The maximum atomic E-state index is 6.61. The van der Waals surface area contributed by atoms with E-state index in [1.807, 2.05) is 0 Å². The lowest BCUT2D eigenvalue weighted by molar-refractivity contribution is 0.417. The molecule has 0 N–H and O–H groups in total. The Balaban J connectivity index is 1.07. The number of aryl methyl sites for hydroxylation is 2. The van der Waals surface area contributed by atoms with E-state index in [2.05, 4.69) is 201 Å². The second kappa shape index (κ2) is 12.0. The van der Waals surface area contributed by atoms with E-state index in [0.29, 0.717) is 0 Å². The van der Waals surface area contributed by atoms with Crippen molar-refractivity contribution in [1.29, 1.82) is 0 Å². The van der Waals surface area contributed by atoms with Crippen LogP contribution in [0.5, 0.6) is 11.5 Å². The monoisotopic (exact) mass is 747 g/mol. The topological polar surface area (TPSA) is 30.3 Å². The quantitative estimate of drug-likeness (QED) is 0.176. The van der Waals surface area contributed by atoms with Crippen LogP contribution in [-0.2, 0) is 5.41 Å². The number of rotatable bonds is 2. The van der Waals surface area contributed by atoms with Crippen molar-refractivity contribution in [2.24, 2.45) is 0 Å². The Morgan fingerprint density at radius 1 is 0.534 bits per heavy atom. The van der Waals surface area contributed by atoms with E-state index < -0.39 is 0 Å². The Morgan fingerprint density at radius 2 is 1.16 bits per heavy atom. The molecule has 2 atom stereocenters. The van der Waals surface area contributed by atoms with Crippen molar-refractivity contribution >= 4 is 22.7 Å². The van der Waals surface area contributed by atoms with Gasteiger partial charge in [0.25, 0.3) is 0 Å². The van der Waals surface area contributed by atoms with Crippen LogP contribution in [0.15, 0.2) is 164 Å². The first-order chi connectivity index (χ1) is 28.3. The van der Waals surface area contributed by atoms with E-state index in [9.17, 15) is 0 Å². The van der Waals surface area contributed by atoms with Gasteiger partial charge < -0.3 is 14.2 Å². The van der Waals surface area contributed by atoms with Gasteiger partial charge in [-0.15, -0.1) is 0 Å². The number of anilines is 2. The highest BCUT2D eigenvalue weighted by Crippen LogP contribution is 2.53. The van der Waals surface area contributed by atoms with E-state index in [1.165, 1.54) is 77.9 Å². The predicted molar refractivity (Wildman–Crippen MR) is 238 cm³/mol. The fraction of sp³-hybridized carbons (Fsp3) is 0.130. The van der Waals surface area contributed by atoms with Gasteiger partial charge in [-0.25, -0.2) is 4.98 Å². The van der Waals surface area contributed by atoms with Crippen molar-refractivity contribution in [3.8, 4) is 67.1 Å². The predicted octanol–water partition coefficient (Wildman–Crippen LogP) is 13.9. The standard InChI is InChI=1S/C54H41N3O/c1-32-21-26-45-51(27-32)58-52-28-33(2)42(31-46(52)54(45,3)4)34-22-24-41-43(29-34)39-16-8-7-14-37(39)36-13-5-6-15-38(36)40-25-23-35(30-44(40)41)56-49-19-11-12-20-50(49)57-48-18-10-9-17-47(48)55-53(56)57/h5-31,49-50H,1-4H3. The van der Waals surface area contributed by atoms with Gasteiger partial charge in [0.2, 0.25) is 5.95 Å². The van der Waals surface area contributed by atoms with Crippen LogP contribution in [0.25, 0.3) is 66.7 Å².